The monoisotopic (exact) mass is 414 g/mol. The molecule has 1 amide bonds. The van der Waals surface area contributed by atoms with Crippen molar-refractivity contribution >= 4 is 40.4 Å². The zero-order valence-corrected chi connectivity index (χ0v) is 15.0. The van der Waals surface area contributed by atoms with Crippen LogP contribution in [0.4, 0.5) is 18.9 Å². The maximum Gasteiger partial charge on any atom is 0.433 e. The van der Waals surface area contributed by atoms with Crippen molar-refractivity contribution in [1.29, 1.82) is 0 Å². The van der Waals surface area contributed by atoms with Crippen LogP contribution in [-0.4, -0.2) is 20.5 Å². The topological polar surface area (TPSA) is 59.3 Å². The number of aromatic nitrogens is 3. The summed E-state index contributed by atoms with van der Waals surface area (Å²) in [4.78, 5) is 16.7. The normalized spacial score (nSPS) is 14.6. The molecule has 2 aromatic heterocycles. The number of nitrogens with zero attached hydrogens (tertiary/aromatic N) is 3. The van der Waals surface area contributed by atoms with Gasteiger partial charge in [0, 0.05) is 17.7 Å². The second-order valence-electron chi connectivity index (χ2n) is 6.19. The highest BCUT2D eigenvalue weighted by Gasteiger charge is 2.37. The van der Waals surface area contributed by atoms with Crippen molar-refractivity contribution in [2.75, 3.05) is 5.32 Å². The fourth-order valence-electron chi connectivity index (χ4n) is 2.69. The number of carbonyl (C=O) groups excluding carboxylic acids is 1. The lowest BCUT2D eigenvalue weighted by molar-refractivity contribution is -0.142. The first-order valence-electron chi connectivity index (χ1n) is 7.97. The van der Waals surface area contributed by atoms with Gasteiger partial charge in [0.15, 0.2) is 11.3 Å². The summed E-state index contributed by atoms with van der Waals surface area (Å²) in [7, 11) is 0. The number of carbonyl (C=O) groups is 1. The summed E-state index contributed by atoms with van der Waals surface area (Å²) < 4.78 is 40.9. The van der Waals surface area contributed by atoms with Gasteiger partial charge in [0.2, 0.25) is 0 Å². The molecule has 5 nitrogen and oxygen atoms in total. The maximum absolute atomic E-state index is 13.4. The average Bonchev–Trinajstić information content (AvgIpc) is 3.35. The number of para-hydroxylation sites is 1. The van der Waals surface area contributed by atoms with Gasteiger partial charge in [0.05, 0.1) is 15.7 Å². The van der Waals surface area contributed by atoms with Crippen LogP contribution in [0.5, 0.6) is 0 Å². The smallest absolute Gasteiger partial charge is 0.318 e. The Morgan fingerprint density at radius 3 is 2.44 bits per heavy atom. The van der Waals surface area contributed by atoms with Crippen LogP contribution in [-0.2, 0) is 6.18 Å². The first kappa shape index (κ1) is 18.1. The second-order valence-corrected chi connectivity index (χ2v) is 7.00. The molecule has 0 atom stereocenters. The van der Waals surface area contributed by atoms with E-state index in [0.29, 0.717) is 10.2 Å². The predicted molar refractivity (Wildman–Crippen MR) is 94.4 cm³/mol. The molecular formula is C17H11Cl2F3N4O. The van der Waals surface area contributed by atoms with Gasteiger partial charge in [-0.15, -0.1) is 0 Å². The maximum atomic E-state index is 13.4. The Balaban J connectivity index is 1.75. The molecule has 0 bridgehead atoms. The lowest BCUT2D eigenvalue weighted by Crippen LogP contribution is -2.16. The van der Waals surface area contributed by atoms with Crippen molar-refractivity contribution < 1.29 is 18.0 Å². The quantitative estimate of drug-likeness (QED) is 0.641. The van der Waals surface area contributed by atoms with Crippen LogP contribution in [0.2, 0.25) is 10.0 Å². The first-order valence-corrected chi connectivity index (χ1v) is 8.73. The Morgan fingerprint density at radius 1 is 1.19 bits per heavy atom. The first-order chi connectivity index (χ1) is 12.7. The van der Waals surface area contributed by atoms with E-state index in [1.165, 1.54) is 18.2 Å². The summed E-state index contributed by atoms with van der Waals surface area (Å²) in [5, 5.41) is 6.67. The zero-order chi connectivity index (χ0) is 19.3. The Hall–Kier alpha value is -2.32. The largest absolute Gasteiger partial charge is 0.433 e. The van der Waals surface area contributed by atoms with Crippen LogP contribution in [0.25, 0.3) is 5.65 Å². The number of nitrogens with one attached hydrogen (secondary N) is 1. The van der Waals surface area contributed by atoms with Crippen LogP contribution in [0.3, 0.4) is 0 Å². The summed E-state index contributed by atoms with van der Waals surface area (Å²) in [6.07, 6.45) is -3.03. The van der Waals surface area contributed by atoms with E-state index in [1.54, 1.807) is 6.07 Å². The van der Waals surface area contributed by atoms with Gasteiger partial charge in [0.1, 0.15) is 5.69 Å². The molecule has 10 heteroatoms. The fourth-order valence-corrected chi connectivity index (χ4v) is 3.18. The van der Waals surface area contributed by atoms with E-state index in [0.717, 1.165) is 18.9 Å². The second kappa shape index (κ2) is 6.38. The summed E-state index contributed by atoms with van der Waals surface area (Å²) in [6.45, 7) is 0. The van der Waals surface area contributed by atoms with Crippen molar-refractivity contribution in [2.24, 2.45) is 0 Å². The summed E-state index contributed by atoms with van der Waals surface area (Å²) in [6, 6.07) is 6.85. The molecule has 1 fully saturated rings. The minimum atomic E-state index is -4.63. The molecule has 140 valence electrons. The molecule has 3 aromatic rings. The Labute approximate surface area is 161 Å². The Bertz CT molecular complexity index is 1040. The van der Waals surface area contributed by atoms with Crippen LogP contribution in [0.15, 0.2) is 30.3 Å². The van der Waals surface area contributed by atoms with Gasteiger partial charge in [0.25, 0.3) is 5.91 Å². The van der Waals surface area contributed by atoms with E-state index in [2.05, 4.69) is 15.4 Å². The van der Waals surface area contributed by atoms with Crippen LogP contribution in [0, 0.1) is 0 Å². The molecule has 0 radical (unpaired) electrons. The Kier molecular flexibility index (Phi) is 4.27. The van der Waals surface area contributed by atoms with Gasteiger partial charge in [-0.2, -0.15) is 18.3 Å². The Morgan fingerprint density at radius 2 is 1.85 bits per heavy atom. The molecular weight excluding hydrogens is 404 g/mol. The summed E-state index contributed by atoms with van der Waals surface area (Å²) >= 11 is 12.0. The van der Waals surface area contributed by atoms with E-state index in [1.807, 2.05) is 0 Å². The lowest BCUT2D eigenvalue weighted by Gasteiger charge is -2.10. The minimum Gasteiger partial charge on any atom is -0.318 e. The molecule has 1 N–H and O–H groups in total. The molecule has 1 saturated carbocycles. The van der Waals surface area contributed by atoms with E-state index in [9.17, 15) is 18.0 Å². The van der Waals surface area contributed by atoms with E-state index >= 15 is 0 Å². The van der Waals surface area contributed by atoms with Crippen molar-refractivity contribution in [3.8, 4) is 0 Å². The molecule has 0 aliphatic heterocycles. The summed E-state index contributed by atoms with van der Waals surface area (Å²) in [5.41, 5.74) is -0.718. The highest BCUT2D eigenvalue weighted by molar-refractivity contribution is 6.40. The van der Waals surface area contributed by atoms with Crippen LogP contribution < -0.4 is 5.32 Å². The molecule has 0 saturated heterocycles. The number of hydrogen-bond donors (Lipinski definition) is 1. The van der Waals surface area contributed by atoms with Gasteiger partial charge < -0.3 is 5.32 Å². The number of rotatable bonds is 3. The number of benzene rings is 1. The van der Waals surface area contributed by atoms with Gasteiger partial charge in [-0.25, -0.2) is 9.50 Å². The van der Waals surface area contributed by atoms with Crippen LogP contribution >= 0.6 is 23.2 Å². The van der Waals surface area contributed by atoms with Crippen molar-refractivity contribution in [3.05, 3.63) is 57.5 Å². The molecule has 1 aliphatic carbocycles. The number of halogens is 5. The van der Waals surface area contributed by atoms with Crippen molar-refractivity contribution in [2.45, 2.75) is 24.9 Å². The number of alkyl halides is 3. The zero-order valence-electron chi connectivity index (χ0n) is 13.5. The van der Waals surface area contributed by atoms with Gasteiger partial charge in [-0.3, -0.25) is 4.79 Å². The van der Waals surface area contributed by atoms with Crippen molar-refractivity contribution in [3.63, 3.8) is 0 Å². The number of hydrogen-bond acceptors (Lipinski definition) is 3. The van der Waals surface area contributed by atoms with Gasteiger partial charge >= 0.3 is 6.18 Å². The average molecular weight is 415 g/mol. The van der Waals surface area contributed by atoms with Gasteiger partial charge in [-0.1, -0.05) is 29.3 Å². The lowest BCUT2D eigenvalue weighted by atomic mass is 10.2. The van der Waals surface area contributed by atoms with E-state index < -0.39 is 17.8 Å². The highest BCUT2D eigenvalue weighted by Crippen LogP contribution is 2.41. The standard InChI is InChI=1S/C17H11Cl2F3N4O/c18-9-2-1-3-10(19)15(9)24-16(27)12-7-14-23-11(8-4-5-8)6-13(17(20,21)22)26(14)25-12/h1-3,6-8H,4-5H2,(H,24,27). The third kappa shape index (κ3) is 3.46. The number of fused-ring (bicyclic) bond motifs is 1. The number of anilines is 1. The highest BCUT2D eigenvalue weighted by atomic mass is 35.5. The third-order valence-corrected chi connectivity index (χ3v) is 4.80. The SMILES string of the molecule is O=C(Nc1c(Cl)cccc1Cl)c1cc2nc(C3CC3)cc(C(F)(F)F)n2n1. The fraction of sp³-hybridized carbons (Fsp3) is 0.235. The van der Waals surface area contributed by atoms with Crippen LogP contribution in [0.1, 0.15) is 40.6 Å². The summed E-state index contributed by atoms with van der Waals surface area (Å²) in [5.74, 6) is -0.721. The van der Waals surface area contributed by atoms with E-state index in [-0.39, 0.29) is 33.0 Å². The molecule has 1 aromatic carbocycles. The molecule has 0 spiro atoms. The molecule has 1 aliphatic rings. The third-order valence-electron chi connectivity index (χ3n) is 4.17. The molecule has 0 unspecified atom stereocenters. The minimum absolute atomic E-state index is 0.0187. The van der Waals surface area contributed by atoms with Crippen molar-refractivity contribution in [1.82, 2.24) is 14.6 Å². The van der Waals surface area contributed by atoms with E-state index in [4.69, 9.17) is 23.2 Å². The predicted octanol–water partition coefficient (Wildman–Crippen LogP) is 5.18. The van der Waals surface area contributed by atoms with Gasteiger partial charge in [-0.05, 0) is 31.0 Å². The molecule has 27 heavy (non-hydrogen) atoms. The molecule has 2 heterocycles. The molecule has 4 rings (SSSR count). The number of amides is 1.